The molecule has 1 N–H and O–H groups in total. The topological polar surface area (TPSA) is 55.6 Å². The summed E-state index contributed by atoms with van der Waals surface area (Å²) in [6.07, 6.45) is -1.13. The van der Waals surface area contributed by atoms with Crippen LogP contribution in [0, 0.1) is 0 Å². The molecule has 0 radical (unpaired) electrons. The van der Waals surface area contributed by atoms with Crippen molar-refractivity contribution in [1.82, 2.24) is 14.7 Å². The summed E-state index contributed by atoms with van der Waals surface area (Å²) < 4.78 is 47.0. The zero-order chi connectivity index (χ0) is 25.0. The number of imidazole rings is 1. The monoisotopic (exact) mass is 481 g/mol. The smallest absolute Gasteiger partial charge is 0.416 e. The van der Waals surface area contributed by atoms with Crippen LogP contribution in [-0.2, 0) is 17.4 Å². The summed E-state index contributed by atoms with van der Waals surface area (Å²) in [7, 11) is 1.59. The number of ether oxygens (including phenoxy) is 1. The number of hydrogen-bond acceptors (Lipinski definition) is 3. The predicted molar refractivity (Wildman–Crippen MR) is 129 cm³/mol. The Kier molecular flexibility index (Phi) is 7.10. The van der Waals surface area contributed by atoms with Gasteiger partial charge in [-0.3, -0.25) is 4.79 Å². The van der Waals surface area contributed by atoms with E-state index >= 15 is 0 Å². The van der Waals surface area contributed by atoms with Gasteiger partial charge in [0.2, 0.25) is 5.91 Å². The molecule has 0 unspecified atom stereocenters. The van der Waals surface area contributed by atoms with Crippen LogP contribution in [0.4, 0.5) is 13.2 Å². The molecule has 0 saturated carbocycles. The van der Waals surface area contributed by atoms with Gasteiger partial charge in [0.25, 0.3) is 0 Å². The molecule has 0 aliphatic heterocycles. The van der Waals surface area contributed by atoms with Gasteiger partial charge in [0.15, 0.2) is 0 Å². The van der Waals surface area contributed by atoms with Crippen molar-refractivity contribution in [2.24, 2.45) is 0 Å². The Labute approximate surface area is 201 Å². The Bertz CT molecular complexity index is 1350. The Hall–Kier alpha value is -3.81. The molecule has 35 heavy (non-hydrogen) atoms. The molecule has 0 spiro atoms. The van der Waals surface area contributed by atoms with E-state index in [1.165, 1.54) is 6.07 Å². The molecule has 0 aliphatic carbocycles. The van der Waals surface area contributed by atoms with E-state index in [2.05, 4.69) is 5.32 Å². The van der Waals surface area contributed by atoms with E-state index in [1.54, 1.807) is 31.5 Å². The van der Waals surface area contributed by atoms with Crippen LogP contribution in [0.5, 0.6) is 5.75 Å². The largest absolute Gasteiger partial charge is 0.497 e. The van der Waals surface area contributed by atoms with Crippen LogP contribution < -0.4 is 10.1 Å². The third-order valence-electron chi connectivity index (χ3n) is 5.74. The molecule has 2 heterocycles. The minimum atomic E-state index is -4.42. The summed E-state index contributed by atoms with van der Waals surface area (Å²) >= 11 is 0. The number of alkyl halides is 3. The van der Waals surface area contributed by atoms with E-state index in [9.17, 15) is 18.0 Å². The van der Waals surface area contributed by atoms with Crippen LogP contribution in [0.15, 0.2) is 66.9 Å². The molecule has 1 amide bonds. The lowest BCUT2D eigenvalue weighted by Crippen LogP contribution is -2.24. The van der Waals surface area contributed by atoms with Crippen LogP contribution in [0.1, 0.15) is 31.0 Å². The van der Waals surface area contributed by atoms with Gasteiger partial charge in [0.05, 0.1) is 24.1 Å². The summed E-state index contributed by atoms with van der Waals surface area (Å²) in [5, 5.41) is 2.88. The third kappa shape index (κ3) is 5.48. The van der Waals surface area contributed by atoms with Crippen molar-refractivity contribution in [3.05, 3.63) is 78.1 Å². The second-order valence-corrected chi connectivity index (χ2v) is 8.21. The lowest BCUT2D eigenvalue weighted by Gasteiger charge is -2.10. The average molecular weight is 482 g/mol. The number of carbonyl (C=O) groups excluding carboxylic acids is 1. The van der Waals surface area contributed by atoms with Crippen LogP contribution in [0.25, 0.3) is 28.0 Å². The number of halogens is 3. The number of benzene rings is 2. The molecule has 4 aromatic rings. The predicted octanol–water partition coefficient (Wildman–Crippen LogP) is 6.15. The van der Waals surface area contributed by atoms with Crippen LogP contribution in [0.3, 0.4) is 0 Å². The molecule has 0 aliphatic rings. The first-order valence-corrected chi connectivity index (χ1v) is 11.4. The lowest BCUT2D eigenvalue weighted by molar-refractivity contribution is -0.137. The molecule has 182 valence electrons. The summed E-state index contributed by atoms with van der Waals surface area (Å²) in [5.74, 6) is 0.614. The molecular weight excluding hydrogens is 455 g/mol. The highest BCUT2D eigenvalue weighted by atomic mass is 19.4. The minimum Gasteiger partial charge on any atom is -0.497 e. The first-order chi connectivity index (χ1) is 16.8. The van der Waals surface area contributed by atoms with E-state index in [1.807, 2.05) is 35.6 Å². The lowest BCUT2D eigenvalue weighted by atomic mass is 10.0. The number of aromatic nitrogens is 2. The standard InChI is InChI=1S/C27H26F3N3O2/c1-3-14-31-25(34)13-11-23-26(19-7-5-9-22(16-19)35-2)32-24-12-10-20(17-33(23)24)18-6-4-8-21(15-18)27(28,29)30/h4-10,12,15-17H,3,11,13-14H2,1-2H3,(H,31,34). The van der Waals surface area contributed by atoms with Crippen LogP contribution in [0.2, 0.25) is 0 Å². The number of carbonyl (C=O) groups is 1. The van der Waals surface area contributed by atoms with Gasteiger partial charge in [0.1, 0.15) is 11.4 Å². The molecule has 8 heteroatoms. The maximum atomic E-state index is 13.3. The quantitative estimate of drug-likeness (QED) is 0.328. The van der Waals surface area contributed by atoms with E-state index < -0.39 is 11.7 Å². The third-order valence-corrected chi connectivity index (χ3v) is 5.74. The van der Waals surface area contributed by atoms with Crippen LogP contribution in [-0.4, -0.2) is 28.9 Å². The zero-order valence-corrected chi connectivity index (χ0v) is 19.5. The van der Waals surface area contributed by atoms with Crippen molar-refractivity contribution in [2.45, 2.75) is 32.4 Å². The van der Waals surface area contributed by atoms with Crippen molar-refractivity contribution in [1.29, 1.82) is 0 Å². The normalized spacial score (nSPS) is 11.6. The first-order valence-electron chi connectivity index (χ1n) is 11.4. The van der Waals surface area contributed by atoms with Gasteiger partial charge >= 0.3 is 6.18 Å². The molecule has 4 rings (SSSR count). The van der Waals surface area contributed by atoms with Gasteiger partial charge < -0.3 is 14.5 Å². The number of nitrogens with one attached hydrogen (secondary N) is 1. The van der Waals surface area contributed by atoms with Gasteiger partial charge in [0, 0.05) is 24.7 Å². The number of nitrogens with zero attached hydrogens (tertiary/aromatic N) is 2. The molecule has 0 atom stereocenters. The highest BCUT2D eigenvalue weighted by Gasteiger charge is 2.30. The Morgan fingerprint density at radius 2 is 1.80 bits per heavy atom. The zero-order valence-electron chi connectivity index (χ0n) is 19.5. The Balaban J connectivity index is 1.80. The second kappa shape index (κ2) is 10.2. The Morgan fingerprint density at radius 3 is 2.54 bits per heavy atom. The van der Waals surface area contributed by atoms with E-state index in [-0.39, 0.29) is 12.3 Å². The maximum absolute atomic E-state index is 13.3. The summed E-state index contributed by atoms with van der Waals surface area (Å²) in [6, 6.07) is 16.3. The molecule has 5 nitrogen and oxygen atoms in total. The number of fused-ring (bicyclic) bond motifs is 1. The molecule has 2 aromatic heterocycles. The fourth-order valence-electron chi connectivity index (χ4n) is 3.96. The van der Waals surface area contributed by atoms with E-state index in [0.29, 0.717) is 41.2 Å². The van der Waals surface area contributed by atoms with Crippen molar-refractivity contribution in [3.63, 3.8) is 0 Å². The molecule has 0 bridgehead atoms. The number of pyridine rings is 1. The fraction of sp³-hybridized carbons (Fsp3) is 0.259. The summed E-state index contributed by atoms with van der Waals surface area (Å²) in [6.45, 7) is 2.59. The van der Waals surface area contributed by atoms with Gasteiger partial charge in [-0.05, 0) is 60.4 Å². The van der Waals surface area contributed by atoms with E-state index in [0.717, 1.165) is 29.8 Å². The first kappa shape index (κ1) is 24.3. The van der Waals surface area contributed by atoms with Crippen molar-refractivity contribution >= 4 is 11.6 Å². The number of methoxy groups -OCH3 is 1. The summed E-state index contributed by atoms with van der Waals surface area (Å²) in [5.41, 5.74) is 3.34. The SMILES string of the molecule is CCCNC(=O)CCc1c(-c2cccc(OC)c2)nc2ccc(-c3cccc(C(F)(F)F)c3)cn12. The van der Waals surface area contributed by atoms with Gasteiger partial charge in [-0.2, -0.15) is 13.2 Å². The number of amides is 1. The second-order valence-electron chi connectivity index (χ2n) is 8.21. The van der Waals surface area contributed by atoms with E-state index in [4.69, 9.17) is 9.72 Å². The van der Waals surface area contributed by atoms with Gasteiger partial charge in [-0.25, -0.2) is 4.98 Å². The maximum Gasteiger partial charge on any atom is 0.416 e. The minimum absolute atomic E-state index is 0.0626. The number of hydrogen-bond donors (Lipinski definition) is 1. The number of aryl methyl sites for hydroxylation is 1. The van der Waals surface area contributed by atoms with Crippen molar-refractivity contribution < 1.29 is 22.7 Å². The van der Waals surface area contributed by atoms with Crippen molar-refractivity contribution in [3.8, 4) is 28.1 Å². The summed E-state index contributed by atoms with van der Waals surface area (Å²) in [4.78, 5) is 17.1. The molecular formula is C27H26F3N3O2. The van der Waals surface area contributed by atoms with Gasteiger partial charge in [-0.1, -0.05) is 31.2 Å². The number of rotatable bonds is 8. The highest BCUT2D eigenvalue weighted by Crippen LogP contribution is 2.33. The fourth-order valence-corrected chi connectivity index (χ4v) is 3.96. The average Bonchev–Trinajstić information content (AvgIpc) is 3.23. The van der Waals surface area contributed by atoms with Crippen LogP contribution >= 0.6 is 0 Å². The molecule has 2 aromatic carbocycles. The van der Waals surface area contributed by atoms with Gasteiger partial charge in [-0.15, -0.1) is 0 Å². The Morgan fingerprint density at radius 1 is 1.03 bits per heavy atom. The highest BCUT2D eigenvalue weighted by molar-refractivity contribution is 5.77. The molecule has 0 saturated heterocycles. The van der Waals surface area contributed by atoms with Crippen molar-refractivity contribution in [2.75, 3.05) is 13.7 Å². The molecule has 0 fully saturated rings.